The topological polar surface area (TPSA) is 64.3 Å². The predicted octanol–water partition coefficient (Wildman–Crippen LogP) is 1.17. The van der Waals surface area contributed by atoms with E-state index in [1.807, 2.05) is 6.92 Å². The Morgan fingerprint density at radius 2 is 2.50 bits per heavy atom. The molecule has 1 amide bonds. The van der Waals surface area contributed by atoms with Crippen LogP contribution < -0.4 is 11.1 Å². The van der Waals surface area contributed by atoms with Gasteiger partial charge >= 0.3 is 0 Å². The third kappa shape index (κ3) is 2.98. The van der Waals surface area contributed by atoms with Crippen LogP contribution in [0.1, 0.15) is 32.6 Å². The van der Waals surface area contributed by atoms with E-state index in [0.29, 0.717) is 13.2 Å². The fourth-order valence-electron chi connectivity index (χ4n) is 2.12. The molecule has 1 aliphatic carbocycles. The van der Waals surface area contributed by atoms with Crippen LogP contribution in [0.2, 0.25) is 0 Å². The first-order chi connectivity index (χ1) is 7.61. The molecule has 92 valence electrons. The molecule has 0 aromatic heterocycles. The number of carbonyl (C=O) groups excluding carboxylic acids is 1. The standard InChI is InChI=1S/C12H22N2O2/c1-3-16-9-5-8-14-11(15)12(2)7-4-6-10(12)13/h3,10H,1,4-9,13H2,2H3,(H,14,15). The molecule has 3 N–H and O–H groups in total. The Morgan fingerprint density at radius 3 is 3.06 bits per heavy atom. The minimum absolute atomic E-state index is 0.00285. The zero-order valence-electron chi connectivity index (χ0n) is 10.00. The maximum absolute atomic E-state index is 12.0. The highest BCUT2D eigenvalue weighted by molar-refractivity contribution is 5.83. The van der Waals surface area contributed by atoms with Gasteiger partial charge in [-0.1, -0.05) is 13.0 Å². The van der Waals surface area contributed by atoms with Gasteiger partial charge in [0.25, 0.3) is 0 Å². The largest absolute Gasteiger partial charge is 0.502 e. The molecule has 0 saturated heterocycles. The summed E-state index contributed by atoms with van der Waals surface area (Å²) in [5.41, 5.74) is 5.59. The van der Waals surface area contributed by atoms with Crippen LogP contribution in [-0.4, -0.2) is 25.1 Å². The Balaban J connectivity index is 2.26. The highest BCUT2D eigenvalue weighted by atomic mass is 16.5. The van der Waals surface area contributed by atoms with E-state index in [9.17, 15) is 4.79 Å². The van der Waals surface area contributed by atoms with E-state index in [-0.39, 0.29) is 17.4 Å². The van der Waals surface area contributed by atoms with Crippen molar-refractivity contribution < 1.29 is 9.53 Å². The molecule has 2 atom stereocenters. The molecule has 4 nitrogen and oxygen atoms in total. The maximum Gasteiger partial charge on any atom is 0.227 e. The number of hydrogen-bond acceptors (Lipinski definition) is 3. The van der Waals surface area contributed by atoms with Crippen molar-refractivity contribution in [3.8, 4) is 0 Å². The molecule has 0 bridgehead atoms. The van der Waals surface area contributed by atoms with Crippen LogP contribution >= 0.6 is 0 Å². The van der Waals surface area contributed by atoms with Crippen molar-refractivity contribution >= 4 is 5.91 Å². The number of amides is 1. The summed E-state index contributed by atoms with van der Waals surface area (Å²) in [6, 6.07) is -0.00285. The zero-order chi connectivity index (χ0) is 12.0. The van der Waals surface area contributed by atoms with Gasteiger partial charge in [0, 0.05) is 12.6 Å². The Labute approximate surface area is 97.2 Å². The summed E-state index contributed by atoms with van der Waals surface area (Å²) in [5, 5.41) is 2.92. The van der Waals surface area contributed by atoms with E-state index < -0.39 is 0 Å². The van der Waals surface area contributed by atoms with Crippen molar-refractivity contribution in [1.29, 1.82) is 0 Å². The van der Waals surface area contributed by atoms with Gasteiger partial charge in [0.1, 0.15) is 0 Å². The predicted molar refractivity (Wildman–Crippen MR) is 63.7 cm³/mol. The molecule has 0 heterocycles. The van der Waals surface area contributed by atoms with E-state index in [1.54, 1.807) is 0 Å². The lowest BCUT2D eigenvalue weighted by Gasteiger charge is -2.27. The second-order valence-electron chi connectivity index (χ2n) is 4.56. The summed E-state index contributed by atoms with van der Waals surface area (Å²) in [7, 11) is 0. The molecule has 0 spiro atoms. The highest BCUT2D eigenvalue weighted by Gasteiger charge is 2.42. The second kappa shape index (κ2) is 5.89. The molecular formula is C12H22N2O2. The van der Waals surface area contributed by atoms with E-state index in [1.165, 1.54) is 6.26 Å². The number of nitrogens with one attached hydrogen (secondary N) is 1. The van der Waals surface area contributed by atoms with E-state index in [0.717, 1.165) is 25.7 Å². The summed E-state index contributed by atoms with van der Waals surface area (Å²) in [5.74, 6) is 0.0797. The maximum atomic E-state index is 12.0. The molecule has 1 fully saturated rings. The Morgan fingerprint density at radius 1 is 1.75 bits per heavy atom. The zero-order valence-corrected chi connectivity index (χ0v) is 10.00. The average molecular weight is 226 g/mol. The number of hydrogen-bond donors (Lipinski definition) is 2. The normalized spacial score (nSPS) is 28.8. The quantitative estimate of drug-likeness (QED) is 0.528. The fraction of sp³-hybridized carbons (Fsp3) is 0.750. The van der Waals surface area contributed by atoms with Crippen LogP contribution in [0.3, 0.4) is 0 Å². The van der Waals surface area contributed by atoms with Gasteiger partial charge in [0.05, 0.1) is 18.3 Å². The highest BCUT2D eigenvalue weighted by Crippen LogP contribution is 2.36. The first-order valence-electron chi connectivity index (χ1n) is 5.87. The number of nitrogens with two attached hydrogens (primary N) is 1. The van der Waals surface area contributed by atoms with Crippen molar-refractivity contribution in [2.24, 2.45) is 11.1 Å². The average Bonchev–Trinajstić information content (AvgIpc) is 2.60. The summed E-state index contributed by atoms with van der Waals surface area (Å²) in [6.45, 7) is 6.63. The molecule has 1 aliphatic rings. The smallest absolute Gasteiger partial charge is 0.227 e. The van der Waals surface area contributed by atoms with Crippen molar-refractivity contribution in [2.75, 3.05) is 13.2 Å². The van der Waals surface area contributed by atoms with Crippen molar-refractivity contribution in [3.63, 3.8) is 0 Å². The van der Waals surface area contributed by atoms with Gasteiger partial charge in [-0.3, -0.25) is 4.79 Å². The minimum Gasteiger partial charge on any atom is -0.502 e. The lowest BCUT2D eigenvalue weighted by Crippen LogP contribution is -2.47. The first-order valence-corrected chi connectivity index (χ1v) is 5.87. The summed E-state index contributed by atoms with van der Waals surface area (Å²) in [4.78, 5) is 12.0. The van der Waals surface area contributed by atoms with Gasteiger partial charge in [-0.05, 0) is 26.2 Å². The van der Waals surface area contributed by atoms with Gasteiger partial charge < -0.3 is 15.8 Å². The van der Waals surface area contributed by atoms with Crippen LogP contribution in [0.4, 0.5) is 0 Å². The van der Waals surface area contributed by atoms with Gasteiger partial charge in [-0.2, -0.15) is 0 Å². The van der Waals surface area contributed by atoms with Gasteiger partial charge in [-0.25, -0.2) is 0 Å². The first kappa shape index (κ1) is 13.0. The fourth-order valence-corrected chi connectivity index (χ4v) is 2.12. The molecule has 0 aliphatic heterocycles. The lowest BCUT2D eigenvalue weighted by molar-refractivity contribution is -0.130. The number of rotatable bonds is 6. The van der Waals surface area contributed by atoms with Gasteiger partial charge in [-0.15, -0.1) is 0 Å². The van der Waals surface area contributed by atoms with Crippen LogP contribution in [0, 0.1) is 5.41 Å². The van der Waals surface area contributed by atoms with Crippen LogP contribution in [0.25, 0.3) is 0 Å². The summed E-state index contributed by atoms with van der Waals surface area (Å²) >= 11 is 0. The Hall–Kier alpha value is -1.03. The molecule has 4 heteroatoms. The Bertz CT molecular complexity index is 255. The van der Waals surface area contributed by atoms with Crippen LogP contribution in [0.15, 0.2) is 12.8 Å². The molecule has 0 radical (unpaired) electrons. The molecule has 2 unspecified atom stereocenters. The molecular weight excluding hydrogens is 204 g/mol. The lowest BCUT2D eigenvalue weighted by atomic mass is 9.84. The SMILES string of the molecule is C=COCCCNC(=O)C1(C)CCCC1N. The molecule has 0 aromatic carbocycles. The van der Waals surface area contributed by atoms with Crippen molar-refractivity contribution in [1.82, 2.24) is 5.32 Å². The second-order valence-corrected chi connectivity index (χ2v) is 4.56. The number of carbonyl (C=O) groups is 1. The van der Waals surface area contributed by atoms with Crippen LogP contribution in [-0.2, 0) is 9.53 Å². The Kier molecular flexibility index (Phi) is 4.80. The summed E-state index contributed by atoms with van der Waals surface area (Å²) in [6.07, 6.45) is 5.09. The van der Waals surface area contributed by atoms with Crippen LogP contribution in [0.5, 0.6) is 0 Å². The third-order valence-electron chi connectivity index (χ3n) is 3.39. The molecule has 0 aromatic rings. The van der Waals surface area contributed by atoms with Gasteiger partial charge in [0.15, 0.2) is 0 Å². The molecule has 1 rings (SSSR count). The molecule has 1 saturated carbocycles. The van der Waals surface area contributed by atoms with E-state index >= 15 is 0 Å². The van der Waals surface area contributed by atoms with E-state index in [4.69, 9.17) is 10.5 Å². The number of ether oxygens (including phenoxy) is 1. The monoisotopic (exact) mass is 226 g/mol. The van der Waals surface area contributed by atoms with Crippen molar-refractivity contribution in [2.45, 2.75) is 38.6 Å². The van der Waals surface area contributed by atoms with Gasteiger partial charge in [0.2, 0.25) is 5.91 Å². The summed E-state index contributed by atoms with van der Waals surface area (Å²) < 4.78 is 4.97. The van der Waals surface area contributed by atoms with Crippen molar-refractivity contribution in [3.05, 3.63) is 12.8 Å². The molecule has 16 heavy (non-hydrogen) atoms. The van der Waals surface area contributed by atoms with E-state index in [2.05, 4.69) is 11.9 Å². The minimum atomic E-state index is -0.376. The third-order valence-corrected chi connectivity index (χ3v) is 3.39.